The predicted molar refractivity (Wildman–Crippen MR) is 169 cm³/mol. The molecule has 0 amide bonds. The lowest BCUT2D eigenvalue weighted by Gasteiger charge is -2.26. The third-order valence-electron chi connectivity index (χ3n) is 7.83. The Bertz CT molecular complexity index is 1480. The Hall–Kier alpha value is -3.89. The zero-order chi connectivity index (χ0) is 32.0. The number of ether oxygens (including phenoxy) is 8. The molecule has 0 bridgehead atoms. The standard InChI is InChI=1S/C36H42O9/c1-23-10-9-13-30(41-21-24-14-16-26(39-5)17-15-24)34-32(44-36(2,3)45-34)18-25-11-7-8-12-28(25)29-19-27(40-6)20-31(42-22-38-4)33(29)35(37)43-23/h7-9,11-17,19-20,23,30,32,34H,10,18,21-22H2,1-6H3/b13-9-/t23-,30?,32+,34-/m0/s1. The smallest absolute Gasteiger partial charge is 0.342 e. The number of hydrogen-bond acceptors (Lipinski definition) is 9. The van der Waals surface area contributed by atoms with Crippen LogP contribution < -0.4 is 14.2 Å². The molecule has 9 nitrogen and oxygen atoms in total. The van der Waals surface area contributed by atoms with E-state index in [1.807, 2.05) is 87.5 Å². The molecule has 2 heterocycles. The molecule has 5 rings (SSSR count). The molecule has 0 aromatic heterocycles. The minimum Gasteiger partial charge on any atom is -0.497 e. The van der Waals surface area contributed by atoms with E-state index in [2.05, 4.69) is 0 Å². The maximum absolute atomic E-state index is 13.8. The van der Waals surface area contributed by atoms with E-state index in [4.69, 9.17) is 37.9 Å². The van der Waals surface area contributed by atoms with Crippen molar-refractivity contribution in [2.24, 2.45) is 0 Å². The normalized spacial score (nSPS) is 23.5. The monoisotopic (exact) mass is 618 g/mol. The van der Waals surface area contributed by atoms with E-state index in [0.717, 1.165) is 22.4 Å². The van der Waals surface area contributed by atoms with E-state index in [-0.39, 0.29) is 12.9 Å². The number of carbonyl (C=O) groups is 1. The summed E-state index contributed by atoms with van der Waals surface area (Å²) < 4.78 is 47.5. The Labute approximate surface area is 264 Å². The quantitative estimate of drug-likeness (QED) is 0.159. The van der Waals surface area contributed by atoms with E-state index in [0.29, 0.717) is 42.1 Å². The summed E-state index contributed by atoms with van der Waals surface area (Å²) in [6, 6.07) is 19.2. The van der Waals surface area contributed by atoms with Gasteiger partial charge in [-0.1, -0.05) is 48.6 Å². The van der Waals surface area contributed by atoms with Gasteiger partial charge in [0.2, 0.25) is 0 Å². The second kappa shape index (κ2) is 14.5. The summed E-state index contributed by atoms with van der Waals surface area (Å²) in [5.74, 6) is 0.295. The SMILES string of the molecule is COCOc1cc(OC)cc2c1C(=O)O[C@@H](C)C/C=C\C(OCc1ccc(OC)cc1)[C@@H]1OC(C)(C)O[C@@H]1Cc1ccccc1-2. The van der Waals surface area contributed by atoms with Gasteiger partial charge >= 0.3 is 5.97 Å². The van der Waals surface area contributed by atoms with Gasteiger partial charge in [-0.05, 0) is 55.7 Å². The van der Waals surface area contributed by atoms with Gasteiger partial charge in [-0.25, -0.2) is 4.79 Å². The van der Waals surface area contributed by atoms with Crippen LogP contribution in [0.4, 0.5) is 0 Å². The molecule has 3 aromatic carbocycles. The lowest BCUT2D eigenvalue weighted by atomic mass is 9.90. The van der Waals surface area contributed by atoms with Crippen LogP contribution in [-0.4, -0.2) is 64.3 Å². The van der Waals surface area contributed by atoms with Crippen LogP contribution in [0.1, 0.15) is 48.7 Å². The van der Waals surface area contributed by atoms with Gasteiger partial charge in [0.1, 0.15) is 41.1 Å². The summed E-state index contributed by atoms with van der Waals surface area (Å²) in [5.41, 5.74) is 3.71. The molecule has 1 fully saturated rings. The number of benzene rings is 3. The third-order valence-corrected chi connectivity index (χ3v) is 7.83. The van der Waals surface area contributed by atoms with Gasteiger partial charge in [-0.15, -0.1) is 0 Å². The van der Waals surface area contributed by atoms with Crippen molar-refractivity contribution in [2.75, 3.05) is 28.1 Å². The number of hydrogen-bond donors (Lipinski definition) is 0. The van der Waals surface area contributed by atoms with Crippen LogP contribution in [0.2, 0.25) is 0 Å². The van der Waals surface area contributed by atoms with Gasteiger partial charge < -0.3 is 37.9 Å². The van der Waals surface area contributed by atoms with E-state index in [1.165, 1.54) is 7.11 Å². The van der Waals surface area contributed by atoms with Crippen LogP contribution in [0, 0.1) is 0 Å². The number of methoxy groups -OCH3 is 3. The summed E-state index contributed by atoms with van der Waals surface area (Å²) in [4.78, 5) is 13.8. The zero-order valence-electron chi connectivity index (χ0n) is 26.7. The Balaban J connectivity index is 1.57. The maximum Gasteiger partial charge on any atom is 0.342 e. The van der Waals surface area contributed by atoms with Gasteiger partial charge in [-0.3, -0.25) is 0 Å². The fourth-order valence-electron chi connectivity index (χ4n) is 5.71. The van der Waals surface area contributed by atoms with Gasteiger partial charge in [0.25, 0.3) is 0 Å². The molecular weight excluding hydrogens is 576 g/mol. The van der Waals surface area contributed by atoms with Gasteiger partial charge in [0.05, 0.1) is 26.9 Å². The molecule has 2 aliphatic rings. The first-order chi connectivity index (χ1) is 21.7. The first-order valence-electron chi connectivity index (χ1n) is 15.1. The van der Waals surface area contributed by atoms with Crippen molar-refractivity contribution in [2.45, 2.75) is 70.4 Å². The molecule has 3 aromatic rings. The molecule has 1 unspecified atom stereocenters. The topological polar surface area (TPSA) is 90.9 Å². The first-order valence-corrected chi connectivity index (χ1v) is 15.1. The molecule has 0 spiro atoms. The Kier molecular flexibility index (Phi) is 10.5. The lowest BCUT2D eigenvalue weighted by molar-refractivity contribution is -0.156. The minimum absolute atomic E-state index is 0.0469. The van der Waals surface area contributed by atoms with Gasteiger partial charge in [-0.2, -0.15) is 0 Å². The van der Waals surface area contributed by atoms with Crippen molar-refractivity contribution >= 4 is 5.97 Å². The summed E-state index contributed by atoms with van der Waals surface area (Å²) >= 11 is 0. The average molecular weight is 619 g/mol. The predicted octanol–water partition coefficient (Wildman–Crippen LogP) is 6.51. The fourth-order valence-corrected chi connectivity index (χ4v) is 5.71. The Morgan fingerprint density at radius 2 is 1.67 bits per heavy atom. The van der Waals surface area contributed by atoms with Gasteiger partial charge in [0, 0.05) is 31.6 Å². The van der Waals surface area contributed by atoms with E-state index >= 15 is 0 Å². The molecule has 9 heteroatoms. The largest absolute Gasteiger partial charge is 0.497 e. The average Bonchev–Trinajstić information content (AvgIpc) is 3.34. The van der Waals surface area contributed by atoms with Crippen LogP contribution >= 0.6 is 0 Å². The van der Waals surface area contributed by atoms with Crippen LogP contribution in [0.5, 0.6) is 17.2 Å². The zero-order valence-corrected chi connectivity index (χ0v) is 26.7. The molecule has 1 saturated heterocycles. The van der Waals surface area contributed by atoms with E-state index in [1.54, 1.807) is 20.3 Å². The van der Waals surface area contributed by atoms with Crippen molar-refractivity contribution in [1.29, 1.82) is 0 Å². The number of esters is 1. The number of cyclic esters (lactones) is 1. The van der Waals surface area contributed by atoms with Crippen molar-refractivity contribution < 1.29 is 42.7 Å². The van der Waals surface area contributed by atoms with E-state index in [9.17, 15) is 4.79 Å². The highest BCUT2D eigenvalue weighted by atomic mass is 16.8. The summed E-state index contributed by atoms with van der Waals surface area (Å²) in [5, 5.41) is 0. The molecule has 0 aliphatic carbocycles. The minimum atomic E-state index is -0.831. The number of fused-ring (bicyclic) bond motifs is 4. The summed E-state index contributed by atoms with van der Waals surface area (Å²) in [6.07, 6.45) is 3.29. The number of carbonyl (C=O) groups excluding carboxylic acids is 1. The number of rotatable bonds is 8. The highest BCUT2D eigenvalue weighted by molar-refractivity contribution is 6.01. The van der Waals surface area contributed by atoms with Crippen LogP contribution in [-0.2, 0) is 36.7 Å². The molecule has 2 aliphatic heterocycles. The first kappa shape index (κ1) is 32.5. The van der Waals surface area contributed by atoms with Crippen LogP contribution in [0.3, 0.4) is 0 Å². The fraction of sp³-hybridized carbons (Fsp3) is 0.417. The van der Waals surface area contributed by atoms with Crippen molar-refractivity contribution in [3.63, 3.8) is 0 Å². The van der Waals surface area contributed by atoms with Gasteiger partial charge in [0.15, 0.2) is 12.6 Å². The maximum atomic E-state index is 13.8. The Morgan fingerprint density at radius 3 is 2.40 bits per heavy atom. The third kappa shape index (κ3) is 7.86. The lowest BCUT2D eigenvalue weighted by Crippen LogP contribution is -2.37. The second-order valence-electron chi connectivity index (χ2n) is 11.6. The summed E-state index contributed by atoms with van der Waals surface area (Å²) in [7, 11) is 4.74. The van der Waals surface area contributed by atoms with Crippen molar-refractivity contribution in [1.82, 2.24) is 0 Å². The van der Waals surface area contributed by atoms with Crippen molar-refractivity contribution in [3.05, 3.63) is 89.5 Å². The molecule has 240 valence electrons. The molecule has 0 radical (unpaired) electrons. The molecule has 0 saturated carbocycles. The van der Waals surface area contributed by atoms with E-state index < -0.39 is 30.1 Å². The highest BCUT2D eigenvalue weighted by Gasteiger charge is 2.45. The van der Waals surface area contributed by atoms with Crippen molar-refractivity contribution in [3.8, 4) is 28.4 Å². The molecule has 0 N–H and O–H groups in total. The van der Waals surface area contributed by atoms with Crippen LogP contribution in [0.25, 0.3) is 11.1 Å². The molecule has 4 atom stereocenters. The summed E-state index contributed by atoms with van der Waals surface area (Å²) in [6.45, 7) is 6.01. The molecular formula is C36H42O9. The second-order valence-corrected chi connectivity index (χ2v) is 11.6. The molecule has 45 heavy (non-hydrogen) atoms. The van der Waals surface area contributed by atoms with Crippen LogP contribution in [0.15, 0.2) is 72.8 Å². The highest BCUT2D eigenvalue weighted by Crippen LogP contribution is 2.40. The Morgan fingerprint density at radius 1 is 0.911 bits per heavy atom.